The molecule has 7 aromatic carbocycles. The number of rotatable bonds is 4. The molecule has 0 N–H and O–H groups in total. The molecule has 50 heavy (non-hydrogen) atoms. The summed E-state index contributed by atoms with van der Waals surface area (Å²) in [7, 11) is 0. The van der Waals surface area contributed by atoms with Crippen molar-refractivity contribution in [2.45, 2.75) is 57.8 Å². The molecule has 0 aliphatic heterocycles. The lowest BCUT2D eigenvalue weighted by Gasteiger charge is -2.48. The van der Waals surface area contributed by atoms with E-state index in [1.165, 1.54) is 77.8 Å². The number of fused-ring (bicyclic) bond motifs is 8. The van der Waals surface area contributed by atoms with E-state index in [1.54, 1.807) is 0 Å². The lowest BCUT2D eigenvalue weighted by Crippen LogP contribution is -2.43. The third-order valence-corrected chi connectivity index (χ3v) is 12.4. The van der Waals surface area contributed by atoms with E-state index in [0.29, 0.717) is 0 Å². The Kier molecular flexibility index (Phi) is 6.62. The number of benzene rings is 7. The van der Waals surface area contributed by atoms with Crippen molar-refractivity contribution in [2.24, 2.45) is 0 Å². The monoisotopic (exact) mass is 645 g/mol. The van der Waals surface area contributed by atoms with Gasteiger partial charge in [-0.15, -0.1) is 0 Å². The first-order chi connectivity index (χ1) is 24.1. The van der Waals surface area contributed by atoms with E-state index in [-0.39, 0.29) is 16.2 Å². The summed E-state index contributed by atoms with van der Waals surface area (Å²) in [6.07, 6.45) is 0. The number of hydrogen-bond donors (Lipinski definition) is 0. The first kappa shape index (κ1) is 30.6. The van der Waals surface area contributed by atoms with Crippen molar-refractivity contribution >= 4 is 27.8 Å². The van der Waals surface area contributed by atoms with Gasteiger partial charge in [-0.1, -0.05) is 163 Å². The van der Waals surface area contributed by atoms with Crippen molar-refractivity contribution in [2.75, 3.05) is 4.90 Å². The highest BCUT2D eigenvalue weighted by Crippen LogP contribution is 2.57. The fourth-order valence-corrected chi connectivity index (χ4v) is 8.94. The zero-order valence-corrected chi connectivity index (χ0v) is 29.9. The highest BCUT2D eigenvalue weighted by atomic mass is 15.1. The second-order valence-corrected chi connectivity index (χ2v) is 15.8. The Morgan fingerprint density at radius 2 is 0.920 bits per heavy atom. The minimum Gasteiger partial charge on any atom is -0.310 e. The molecule has 0 heterocycles. The van der Waals surface area contributed by atoms with Crippen LogP contribution in [-0.4, -0.2) is 0 Å². The van der Waals surface area contributed by atoms with Crippen LogP contribution in [0.2, 0.25) is 0 Å². The predicted octanol–water partition coefficient (Wildman–Crippen LogP) is 13.5. The Morgan fingerprint density at radius 3 is 1.66 bits per heavy atom. The molecule has 2 aliphatic carbocycles. The van der Waals surface area contributed by atoms with Gasteiger partial charge in [-0.05, 0) is 102 Å². The molecule has 1 nitrogen and oxygen atoms in total. The minimum absolute atomic E-state index is 0.0482. The fourth-order valence-electron chi connectivity index (χ4n) is 8.94. The van der Waals surface area contributed by atoms with Crippen molar-refractivity contribution in [3.05, 3.63) is 174 Å². The summed E-state index contributed by atoms with van der Waals surface area (Å²) in [5.74, 6) is 0. The van der Waals surface area contributed by atoms with Gasteiger partial charge in [-0.25, -0.2) is 0 Å². The molecule has 0 radical (unpaired) electrons. The second-order valence-electron chi connectivity index (χ2n) is 15.8. The smallest absolute Gasteiger partial charge is 0.0543 e. The standard InChI is InChI=1S/C49H43N/c1-47(2)41-22-14-13-21-40(41)46-39-20-11-10-19-38(39)45(31-44(46)47)50(34-26-24-33(25-27-34)32-16-8-7-9-17-32)35-28-29-37-36-18-12-15-23-42(36)48(3,4)49(5,6)43(37)30-35/h7-31H,1-6H3. The van der Waals surface area contributed by atoms with Crippen LogP contribution in [0.1, 0.15) is 63.8 Å². The van der Waals surface area contributed by atoms with Crippen LogP contribution < -0.4 is 4.90 Å². The molecule has 0 saturated heterocycles. The third-order valence-electron chi connectivity index (χ3n) is 12.4. The van der Waals surface area contributed by atoms with Gasteiger partial charge in [-0.3, -0.25) is 0 Å². The van der Waals surface area contributed by atoms with Crippen LogP contribution in [0.25, 0.3) is 44.2 Å². The molecule has 244 valence electrons. The summed E-state index contributed by atoms with van der Waals surface area (Å²) in [6, 6.07) is 56.5. The third kappa shape index (κ3) is 4.26. The maximum atomic E-state index is 2.51. The molecule has 1 heteroatoms. The molecule has 0 unspecified atom stereocenters. The zero-order valence-electron chi connectivity index (χ0n) is 29.9. The van der Waals surface area contributed by atoms with Gasteiger partial charge in [0.05, 0.1) is 5.69 Å². The highest BCUT2D eigenvalue weighted by molar-refractivity contribution is 6.10. The van der Waals surface area contributed by atoms with Gasteiger partial charge < -0.3 is 4.90 Å². The van der Waals surface area contributed by atoms with Crippen LogP contribution in [-0.2, 0) is 16.2 Å². The zero-order chi connectivity index (χ0) is 34.4. The highest BCUT2D eigenvalue weighted by Gasteiger charge is 2.46. The molecule has 0 fully saturated rings. The summed E-state index contributed by atoms with van der Waals surface area (Å²) in [4.78, 5) is 2.51. The van der Waals surface area contributed by atoms with E-state index in [0.717, 1.165) is 5.69 Å². The fraction of sp³-hybridized carbons (Fsp3) is 0.184. The molecule has 0 spiro atoms. The second kappa shape index (κ2) is 10.8. The van der Waals surface area contributed by atoms with Crippen molar-refractivity contribution < 1.29 is 0 Å². The Hall–Kier alpha value is -5.40. The molecule has 0 bridgehead atoms. The van der Waals surface area contributed by atoms with Gasteiger partial charge in [0.25, 0.3) is 0 Å². The summed E-state index contributed by atoms with van der Waals surface area (Å²) in [5.41, 5.74) is 16.7. The Morgan fingerprint density at radius 1 is 0.380 bits per heavy atom. The van der Waals surface area contributed by atoms with Crippen LogP contribution in [0.3, 0.4) is 0 Å². The van der Waals surface area contributed by atoms with Gasteiger partial charge in [0.1, 0.15) is 0 Å². The van der Waals surface area contributed by atoms with Crippen molar-refractivity contribution in [1.29, 1.82) is 0 Å². The van der Waals surface area contributed by atoms with Crippen LogP contribution in [0.5, 0.6) is 0 Å². The Labute approximate surface area is 296 Å². The molecular weight excluding hydrogens is 603 g/mol. The van der Waals surface area contributed by atoms with E-state index < -0.39 is 0 Å². The van der Waals surface area contributed by atoms with Crippen LogP contribution in [0.15, 0.2) is 152 Å². The van der Waals surface area contributed by atoms with E-state index in [4.69, 9.17) is 0 Å². The van der Waals surface area contributed by atoms with Crippen LogP contribution in [0, 0.1) is 0 Å². The lowest BCUT2D eigenvalue weighted by atomic mass is 9.55. The molecule has 0 saturated carbocycles. The quantitative estimate of drug-likeness (QED) is 0.184. The maximum absolute atomic E-state index is 2.51. The number of anilines is 3. The van der Waals surface area contributed by atoms with E-state index in [9.17, 15) is 0 Å². The Bertz CT molecular complexity index is 2440. The molecule has 0 aromatic heterocycles. The largest absolute Gasteiger partial charge is 0.310 e. The molecule has 9 rings (SSSR count). The first-order valence-corrected chi connectivity index (χ1v) is 18.0. The normalized spacial score (nSPS) is 15.9. The van der Waals surface area contributed by atoms with Crippen LogP contribution in [0.4, 0.5) is 17.1 Å². The van der Waals surface area contributed by atoms with E-state index in [2.05, 4.69) is 198 Å². The molecular formula is C49H43N. The lowest BCUT2D eigenvalue weighted by molar-refractivity contribution is 0.299. The van der Waals surface area contributed by atoms with Gasteiger partial charge in [0, 0.05) is 22.2 Å². The first-order valence-electron chi connectivity index (χ1n) is 18.0. The number of hydrogen-bond acceptors (Lipinski definition) is 1. The molecule has 0 amide bonds. The summed E-state index contributed by atoms with van der Waals surface area (Å²) in [5, 5.41) is 2.56. The molecule has 7 aromatic rings. The van der Waals surface area contributed by atoms with Gasteiger partial charge in [0.2, 0.25) is 0 Å². The van der Waals surface area contributed by atoms with Crippen molar-refractivity contribution in [3.63, 3.8) is 0 Å². The predicted molar refractivity (Wildman–Crippen MR) is 213 cm³/mol. The minimum atomic E-state index is -0.126. The topological polar surface area (TPSA) is 3.24 Å². The summed E-state index contributed by atoms with van der Waals surface area (Å²) < 4.78 is 0. The van der Waals surface area contributed by atoms with Gasteiger partial charge in [-0.2, -0.15) is 0 Å². The molecule has 0 atom stereocenters. The Balaban J connectivity index is 1.32. The van der Waals surface area contributed by atoms with Gasteiger partial charge >= 0.3 is 0 Å². The average Bonchev–Trinajstić information content (AvgIpc) is 3.38. The van der Waals surface area contributed by atoms with Crippen LogP contribution >= 0.6 is 0 Å². The number of nitrogens with zero attached hydrogens (tertiary/aromatic N) is 1. The molecule has 2 aliphatic rings. The van der Waals surface area contributed by atoms with E-state index in [1.807, 2.05) is 0 Å². The van der Waals surface area contributed by atoms with Gasteiger partial charge in [0.15, 0.2) is 0 Å². The SMILES string of the molecule is CC1(C)c2ccccc2-c2c1cc(N(c1ccc(-c3ccccc3)cc1)c1ccc3c(c1)C(C)(C)C(C)(C)c1ccccc1-3)c1ccccc21. The maximum Gasteiger partial charge on any atom is 0.0543 e. The summed E-state index contributed by atoms with van der Waals surface area (Å²) >= 11 is 0. The van der Waals surface area contributed by atoms with Crippen molar-refractivity contribution in [3.8, 4) is 33.4 Å². The average molecular weight is 646 g/mol. The summed E-state index contributed by atoms with van der Waals surface area (Å²) in [6.45, 7) is 14.4. The van der Waals surface area contributed by atoms with E-state index >= 15 is 0 Å². The van der Waals surface area contributed by atoms with Crippen molar-refractivity contribution in [1.82, 2.24) is 0 Å².